The lowest BCUT2D eigenvalue weighted by atomic mass is 10.3. The molecule has 0 saturated heterocycles. The van der Waals surface area contributed by atoms with E-state index in [0.717, 1.165) is 0 Å². The van der Waals surface area contributed by atoms with Crippen LogP contribution in [-0.2, 0) is 9.53 Å². The summed E-state index contributed by atoms with van der Waals surface area (Å²) in [6.45, 7) is -0.0417. The van der Waals surface area contributed by atoms with Gasteiger partial charge in [-0.1, -0.05) is 0 Å². The summed E-state index contributed by atoms with van der Waals surface area (Å²) in [6.07, 6.45) is 0.121. The van der Waals surface area contributed by atoms with Crippen molar-refractivity contribution in [1.29, 1.82) is 0 Å². The molecule has 0 aliphatic heterocycles. The molecule has 7 heteroatoms. The van der Waals surface area contributed by atoms with Gasteiger partial charge in [-0.25, -0.2) is 9.78 Å². The minimum atomic E-state index is -1.29. The van der Waals surface area contributed by atoms with Crippen LogP contribution < -0.4 is 11.1 Å². The number of pyridine rings is 1. The molecule has 1 heterocycles. The predicted octanol–water partition coefficient (Wildman–Crippen LogP) is -0.874. The largest absolute Gasteiger partial charge is 0.464 e. The summed E-state index contributed by atoms with van der Waals surface area (Å²) in [5.41, 5.74) is 5.54. The molecule has 0 radical (unpaired) electrons. The number of hydrogen-bond donors (Lipinski definition) is 3. The Morgan fingerprint density at radius 1 is 1.65 bits per heavy atom. The molecule has 92 valence electrons. The lowest BCUT2D eigenvalue weighted by Crippen LogP contribution is -2.34. The number of aliphatic hydroxyl groups is 1. The number of aliphatic hydroxyl groups excluding tert-OH is 1. The Morgan fingerprint density at radius 2 is 2.35 bits per heavy atom. The molecule has 0 saturated carbocycles. The highest BCUT2D eigenvalue weighted by Crippen LogP contribution is 2.08. The molecular weight excluding hydrogens is 226 g/mol. The summed E-state index contributed by atoms with van der Waals surface area (Å²) in [6, 6.07) is 3.03. The van der Waals surface area contributed by atoms with Gasteiger partial charge < -0.3 is 20.9 Å². The van der Waals surface area contributed by atoms with Crippen LogP contribution in [0.1, 0.15) is 10.5 Å². The van der Waals surface area contributed by atoms with Crippen molar-refractivity contribution in [1.82, 2.24) is 4.98 Å². The van der Waals surface area contributed by atoms with Gasteiger partial charge >= 0.3 is 5.97 Å². The summed E-state index contributed by atoms with van der Waals surface area (Å²) in [7, 11) is 1.25. The maximum Gasteiger partial charge on any atom is 0.356 e. The van der Waals surface area contributed by atoms with E-state index in [4.69, 9.17) is 10.8 Å². The number of anilines is 1. The molecule has 1 aromatic rings. The van der Waals surface area contributed by atoms with Crippen LogP contribution in [0.5, 0.6) is 0 Å². The highest BCUT2D eigenvalue weighted by Gasteiger charge is 2.11. The Hall–Kier alpha value is -2.15. The zero-order chi connectivity index (χ0) is 12.8. The molecule has 1 amide bonds. The molecule has 0 aliphatic carbocycles. The molecule has 0 spiro atoms. The number of primary amides is 1. The topological polar surface area (TPSA) is 115 Å². The number of hydrogen-bond acceptors (Lipinski definition) is 6. The van der Waals surface area contributed by atoms with Crippen molar-refractivity contribution in [2.45, 2.75) is 6.10 Å². The lowest BCUT2D eigenvalue weighted by Gasteiger charge is -2.09. The second-order valence-electron chi connectivity index (χ2n) is 3.22. The zero-order valence-corrected chi connectivity index (χ0v) is 9.21. The molecule has 7 nitrogen and oxygen atoms in total. The summed E-state index contributed by atoms with van der Waals surface area (Å²) in [4.78, 5) is 25.6. The average molecular weight is 239 g/mol. The summed E-state index contributed by atoms with van der Waals surface area (Å²) in [5.74, 6) is -1.39. The number of methoxy groups -OCH3 is 1. The monoisotopic (exact) mass is 239 g/mol. The first-order valence-electron chi connectivity index (χ1n) is 4.80. The third-order valence-electron chi connectivity index (χ3n) is 1.98. The van der Waals surface area contributed by atoms with Crippen molar-refractivity contribution in [3.8, 4) is 0 Å². The molecule has 4 N–H and O–H groups in total. The van der Waals surface area contributed by atoms with Gasteiger partial charge in [0.25, 0.3) is 0 Å². The first-order valence-corrected chi connectivity index (χ1v) is 4.80. The van der Waals surface area contributed by atoms with Gasteiger partial charge in [-0.05, 0) is 12.1 Å². The maximum atomic E-state index is 11.2. The van der Waals surface area contributed by atoms with Crippen molar-refractivity contribution in [2.24, 2.45) is 5.73 Å². The highest BCUT2D eigenvalue weighted by atomic mass is 16.5. The SMILES string of the molecule is COC(=O)c1cc(NCC(O)C(N)=O)ccn1. The smallest absolute Gasteiger partial charge is 0.356 e. The number of nitrogens with two attached hydrogens (primary N) is 1. The number of nitrogens with zero attached hydrogens (tertiary/aromatic N) is 1. The average Bonchev–Trinajstić information content (AvgIpc) is 2.35. The van der Waals surface area contributed by atoms with Crippen LogP contribution in [0, 0.1) is 0 Å². The molecule has 0 aliphatic rings. The molecule has 17 heavy (non-hydrogen) atoms. The van der Waals surface area contributed by atoms with Gasteiger partial charge in [0.1, 0.15) is 11.8 Å². The molecular formula is C10H13N3O4. The van der Waals surface area contributed by atoms with E-state index in [1.54, 1.807) is 6.07 Å². The van der Waals surface area contributed by atoms with E-state index in [2.05, 4.69) is 15.0 Å². The molecule has 0 aromatic carbocycles. The van der Waals surface area contributed by atoms with Crippen molar-refractivity contribution >= 4 is 17.6 Å². The molecule has 1 aromatic heterocycles. The Balaban J connectivity index is 2.66. The summed E-state index contributed by atoms with van der Waals surface area (Å²) in [5, 5.41) is 11.9. The first-order chi connectivity index (χ1) is 8.04. The van der Waals surface area contributed by atoms with Crippen molar-refractivity contribution < 1.29 is 19.4 Å². The first kappa shape index (κ1) is 12.9. The second kappa shape index (κ2) is 5.80. The van der Waals surface area contributed by atoms with Gasteiger partial charge in [0.2, 0.25) is 5.91 Å². The molecule has 1 rings (SSSR count). The van der Waals surface area contributed by atoms with E-state index in [9.17, 15) is 9.59 Å². The molecule has 1 unspecified atom stereocenters. The van der Waals surface area contributed by atoms with Gasteiger partial charge in [0.05, 0.1) is 7.11 Å². The number of amides is 1. The van der Waals surface area contributed by atoms with Crippen LogP contribution in [-0.4, -0.2) is 41.7 Å². The number of esters is 1. The Bertz CT molecular complexity index is 422. The van der Waals surface area contributed by atoms with Gasteiger partial charge in [-0.3, -0.25) is 4.79 Å². The number of carbonyl (C=O) groups excluding carboxylic acids is 2. The van der Waals surface area contributed by atoms with E-state index in [0.29, 0.717) is 5.69 Å². The Labute approximate surface area is 97.6 Å². The van der Waals surface area contributed by atoms with Crippen LogP contribution >= 0.6 is 0 Å². The van der Waals surface area contributed by atoms with E-state index in [1.165, 1.54) is 19.4 Å². The standard InChI is InChI=1S/C10H13N3O4/c1-17-10(16)7-4-6(2-3-12-7)13-5-8(14)9(11)15/h2-4,8,14H,5H2,1H3,(H2,11,15)(H,12,13). The maximum absolute atomic E-state index is 11.2. The van der Waals surface area contributed by atoms with Crippen molar-refractivity contribution in [2.75, 3.05) is 19.0 Å². The van der Waals surface area contributed by atoms with Gasteiger partial charge in [-0.2, -0.15) is 0 Å². The highest BCUT2D eigenvalue weighted by molar-refractivity contribution is 5.88. The van der Waals surface area contributed by atoms with E-state index in [-0.39, 0.29) is 12.2 Å². The number of carbonyl (C=O) groups is 2. The van der Waals surface area contributed by atoms with Gasteiger partial charge in [-0.15, -0.1) is 0 Å². The number of ether oxygens (including phenoxy) is 1. The van der Waals surface area contributed by atoms with Gasteiger partial charge in [0.15, 0.2) is 0 Å². The molecule has 0 fully saturated rings. The third kappa shape index (κ3) is 3.72. The molecule has 1 atom stereocenters. The van der Waals surface area contributed by atoms with E-state index in [1.807, 2.05) is 0 Å². The Kier molecular flexibility index (Phi) is 4.41. The normalized spacial score (nSPS) is 11.6. The van der Waals surface area contributed by atoms with Crippen molar-refractivity contribution in [3.63, 3.8) is 0 Å². The minimum Gasteiger partial charge on any atom is -0.464 e. The fourth-order valence-electron chi connectivity index (χ4n) is 1.07. The van der Waals surface area contributed by atoms with Crippen LogP contribution in [0.25, 0.3) is 0 Å². The van der Waals surface area contributed by atoms with Crippen LogP contribution in [0.3, 0.4) is 0 Å². The van der Waals surface area contributed by atoms with E-state index >= 15 is 0 Å². The van der Waals surface area contributed by atoms with Crippen LogP contribution in [0.2, 0.25) is 0 Å². The van der Waals surface area contributed by atoms with Crippen LogP contribution in [0.4, 0.5) is 5.69 Å². The number of nitrogens with one attached hydrogen (secondary N) is 1. The lowest BCUT2D eigenvalue weighted by molar-refractivity contribution is -0.125. The number of rotatable bonds is 5. The minimum absolute atomic E-state index is 0.0417. The predicted molar refractivity (Wildman–Crippen MR) is 59.3 cm³/mol. The zero-order valence-electron chi connectivity index (χ0n) is 9.21. The third-order valence-corrected chi connectivity index (χ3v) is 1.98. The number of aromatic nitrogens is 1. The quantitative estimate of drug-likeness (QED) is 0.575. The fourth-order valence-corrected chi connectivity index (χ4v) is 1.07. The van der Waals surface area contributed by atoms with Gasteiger partial charge in [0, 0.05) is 18.4 Å². The second-order valence-corrected chi connectivity index (χ2v) is 3.22. The van der Waals surface area contributed by atoms with Crippen molar-refractivity contribution in [3.05, 3.63) is 24.0 Å². The van der Waals surface area contributed by atoms with Crippen LogP contribution in [0.15, 0.2) is 18.3 Å². The van der Waals surface area contributed by atoms with E-state index < -0.39 is 18.0 Å². The summed E-state index contributed by atoms with van der Waals surface area (Å²) >= 11 is 0. The summed E-state index contributed by atoms with van der Waals surface area (Å²) < 4.78 is 4.50. The molecule has 0 bridgehead atoms. The fraction of sp³-hybridized carbons (Fsp3) is 0.300. The Morgan fingerprint density at radius 3 is 2.94 bits per heavy atom.